The summed E-state index contributed by atoms with van der Waals surface area (Å²) >= 11 is 0. The van der Waals surface area contributed by atoms with E-state index in [-0.39, 0.29) is 5.75 Å². The molecule has 1 N–H and O–H groups in total. The van der Waals surface area contributed by atoms with Crippen molar-refractivity contribution in [3.05, 3.63) is 52.1 Å². The molecule has 0 saturated heterocycles. The zero-order chi connectivity index (χ0) is 23.4. The predicted molar refractivity (Wildman–Crippen MR) is 105 cm³/mol. The van der Waals surface area contributed by atoms with Crippen molar-refractivity contribution >= 4 is 10.1 Å². The van der Waals surface area contributed by atoms with E-state index >= 15 is 0 Å². The van der Waals surface area contributed by atoms with Crippen LogP contribution in [-0.2, 0) is 20.9 Å². The zero-order valence-corrected chi connectivity index (χ0v) is 18.6. The number of hydrogen-bond donors (Lipinski definition) is 1. The van der Waals surface area contributed by atoms with Gasteiger partial charge < -0.3 is 4.74 Å². The number of halogens is 4. The van der Waals surface area contributed by atoms with Crippen LogP contribution in [-0.4, -0.2) is 13.0 Å². The van der Waals surface area contributed by atoms with E-state index in [1.54, 1.807) is 12.1 Å². The molecule has 9 heteroatoms. The van der Waals surface area contributed by atoms with Gasteiger partial charge in [0.05, 0.1) is 0 Å². The zero-order valence-electron chi connectivity index (χ0n) is 17.7. The van der Waals surface area contributed by atoms with Crippen LogP contribution in [0, 0.1) is 30.2 Å². The van der Waals surface area contributed by atoms with Crippen LogP contribution in [0.1, 0.15) is 58.2 Å². The normalized spacial score (nSPS) is 12.9. The molecule has 0 aliphatic carbocycles. The van der Waals surface area contributed by atoms with Crippen LogP contribution in [0.5, 0.6) is 11.5 Å². The van der Waals surface area contributed by atoms with Crippen molar-refractivity contribution < 1.29 is 35.3 Å². The maximum Gasteiger partial charge on any atom is 0.300 e. The summed E-state index contributed by atoms with van der Waals surface area (Å²) in [5.41, 5.74) is 0.772. The molecule has 0 saturated carbocycles. The van der Waals surface area contributed by atoms with Crippen LogP contribution in [0.2, 0.25) is 0 Å². The highest BCUT2D eigenvalue weighted by Gasteiger charge is 2.35. The Balaban J connectivity index is 2.91. The van der Waals surface area contributed by atoms with Gasteiger partial charge in [0.1, 0.15) is 5.75 Å². The summed E-state index contributed by atoms with van der Waals surface area (Å²) in [6.45, 7) is 12.8. The minimum atomic E-state index is -5.55. The van der Waals surface area contributed by atoms with Gasteiger partial charge in [-0.05, 0) is 17.8 Å². The Morgan fingerprint density at radius 2 is 1.13 bits per heavy atom. The average Bonchev–Trinajstić information content (AvgIpc) is 2.54. The quantitative estimate of drug-likeness (QED) is 0.346. The van der Waals surface area contributed by atoms with Crippen LogP contribution in [0.15, 0.2) is 17.0 Å². The Labute approximate surface area is 173 Å². The summed E-state index contributed by atoms with van der Waals surface area (Å²) in [6, 6.07) is 3.47. The number of aryl methyl sites for hydroxylation is 1. The van der Waals surface area contributed by atoms with Crippen molar-refractivity contribution in [3.63, 3.8) is 0 Å². The van der Waals surface area contributed by atoms with Gasteiger partial charge in [-0.15, -0.1) is 0 Å². The van der Waals surface area contributed by atoms with Gasteiger partial charge in [-0.1, -0.05) is 59.2 Å². The lowest BCUT2D eigenvalue weighted by molar-refractivity contribution is 0.337. The largest absolute Gasteiger partial charge is 0.450 e. The molecule has 0 heterocycles. The van der Waals surface area contributed by atoms with Crippen LogP contribution in [0.3, 0.4) is 0 Å². The van der Waals surface area contributed by atoms with Crippen LogP contribution >= 0.6 is 0 Å². The Hall–Kier alpha value is -2.13. The highest BCUT2D eigenvalue weighted by molar-refractivity contribution is 7.85. The fourth-order valence-electron chi connectivity index (χ4n) is 3.01. The van der Waals surface area contributed by atoms with Gasteiger partial charge in [-0.3, -0.25) is 4.55 Å². The molecule has 0 aliphatic rings. The summed E-state index contributed by atoms with van der Waals surface area (Å²) in [7, 11) is -5.55. The molecule has 0 fully saturated rings. The van der Waals surface area contributed by atoms with Gasteiger partial charge in [-0.2, -0.15) is 17.2 Å². The molecule has 30 heavy (non-hydrogen) atoms. The first-order valence-corrected chi connectivity index (χ1v) is 10.5. The van der Waals surface area contributed by atoms with Gasteiger partial charge in [0.25, 0.3) is 0 Å². The second kappa shape index (κ2) is 7.53. The molecule has 0 amide bonds. The summed E-state index contributed by atoms with van der Waals surface area (Å²) < 4.78 is 94.3. The van der Waals surface area contributed by atoms with Gasteiger partial charge >= 0.3 is 10.1 Å². The second-order valence-electron chi connectivity index (χ2n) is 9.18. The van der Waals surface area contributed by atoms with Gasteiger partial charge in [0, 0.05) is 11.1 Å². The van der Waals surface area contributed by atoms with E-state index in [0.29, 0.717) is 11.1 Å². The molecule has 166 valence electrons. The summed E-state index contributed by atoms with van der Waals surface area (Å²) in [5.74, 6) is -10.1. The fraction of sp³-hybridized carbons (Fsp3) is 0.429. The van der Waals surface area contributed by atoms with Crippen LogP contribution < -0.4 is 4.74 Å². The van der Waals surface area contributed by atoms with E-state index in [1.807, 2.05) is 48.5 Å². The molecule has 0 bridgehead atoms. The van der Waals surface area contributed by atoms with E-state index in [4.69, 9.17) is 9.29 Å². The van der Waals surface area contributed by atoms with Crippen molar-refractivity contribution in [1.82, 2.24) is 0 Å². The number of ether oxygens (including phenoxy) is 1. The Morgan fingerprint density at radius 3 is 1.43 bits per heavy atom. The van der Waals surface area contributed by atoms with Gasteiger partial charge in [-0.25, -0.2) is 8.78 Å². The smallest absolute Gasteiger partial charge is 0.300 e. The van der Waals surface area contributed by atoms with Crippen LogP contribution in [0.4, 0.5) is 17.6 Å². The van der Waals surface area contributed by atoms with E-state index in [1.165, 1.54) is 0 Å². The molecule has 2 aromatic carbocycles. The molecule has 0 radical (unpaired) electrons. The summed E-state index contributed by atoms with van der Waals surface area (Å²) in [4.78, 5) is -2.11. The molecule has 4 nitrogen and oxygen atoms in total. The monoisotopic (exact) mass is 448 g/mol. The highest BCUT2D eigenvalue weighted by atomic mass is 32.2. The van der Waals surface area contributed by atoms with Crippen LogP contribution in [0.25, 0.3) is 0 Å². The van der Waals surface area contributed by atoms with Crippen molar-refractivity contribution in [2.45, 2.75) is 64.2 Å². The van der Waals surface area contributed by atoms with Crippen molar-refractivity contribution in [1.29, 1.82) is 0 Å². The fourth-order valence-corrected chi connectivity index (χ4v) is 3.64. The van der Waals surface area contributed by atoms with E-state index in [2.05, 4.69) is 0 Å². The number of hydrogen-bond acceptors (Lipinski definition) is 3. The standard InChI is InChI=1S/C21H24F4O4S/c1-10-8-11(20(2,3)4)17(12(9-10)21(5,6)7)29-18-13(22)15(24)19(30(26,27)28)16(25)14(18)23/h8-9H,1-7H3,(H,26,27,28). The molecule has 0 unspecified atom stereocenters. The number of benzene rings is 2. The molecule has 0 spiro atoms. The van der Waals surface area contributed by atoms with Gasteiger partial charge in [0.2, 0.25) is 17.4 Å². The first kappa shape index (κ1) is 24.1. The average molecular weight is 448 g/mol. The van der Waals surface area contributed by atoms with Gasteiger partial charge in [0.15, 0.2) is 16.5 Å². The molecule has 0 aromatic heterocycles. The van der Waals surface area contributed by atoms with E-state index in [9.17, 15) is 26.0 Å². The lowest BCUT2D eigenvalue weighted by Gasteiger charge is -2.30. The Morgan fingerprint density at radius 1 is 0.767 bits per heavy atom. The first-order valence-electron chi connectivity index (χ1n) is 9.04. The van der Waals surface area contributed by atoms with Crippen molar-refractivity contribution in [3.8, 4) is 11.5 Å². The first-order chi connectivity index (χ1) is 13.4. The molecule has 0 aliphatic heterocycles. The van der Waals surface area contributed by atoms with Crippen molar-refractivity contribution in [2.75, 3.05) is 0 Å². The maximum atomic E-state index is 14.6. The van der Waals surface area contributed by atoms with E-state index in [0.717, 1.165) is 5.56 Å². The lowest BCUT2D eigenvalue weighted by Crippen LogP contribution is -2.20. The minimum absolute atomic E-state index is 0.0109. The summed E-state index contributed by atoms with van der Waals surface area (Å²) in [6.07, 6.45) is 0. The molecule has 2 rings (SSSR count). The second-order valence-corrected chi connectivity index (χ2v) is 10.5. The molecule has 0 atom stereocenters. The third kappa shape index (κ3) is 4.46. The summed E-state index contributed by atoms with van der Waals surface area (Å²) in [5, 5.41) is 0. The third-order valence-electron chi connectivity index (χ3n) is 4.49. The van der Waals surface area contributed by atoms with E-state index < -0.39 is 54.9 Å². The Bertz CT molecular complexity index is 1050. The third-order valence-corrected chi connectivity index (χ3v) is 5.37. The lowest BCUT2D eigenvalue weighted by atomic mass is 9.78. The number of rotatable bonds is 3. The Kier molecular flexibility index (Phi) is 6.06. The topological polar surface area (TPSA) is 63.6 Å². The predicted octanol–water partition coefficient (Wildman–Crippen LogP) is 6.19. The molecular weight excluding hydrogens is 424 g/mol. The molecular formula is C21H24F4O4S. The minimum Gasteiger partial charge on any atom is -0.450 e. The SMILES string of the molecule is Cc1cc(C(C)(C)C)c(Oc2c(F)c(F)c(S(=O)(=O)O)c(F)c2F)c(C(C)(C)C)c1. The molecule has 2 aromatic rings. The maximum absolute atomic E-state index is 14.6. The van der Waals surface area contributed by atoms with Crippen molar-refractivity contribution in [2.24, 2.45) is 0 Å². The highest BCUT2D eigenvalue weighted by Crippen LogP contribution is 2.44.